The molecule has 3 N–H and O–H groups in total. The number of hydrogen-bond donors (Lipinski definition) is 3. The van der Waals surface area contributed by atoms with Gasteiger partial charge in [-0.1, -0.05) is 6.92 Å². The van der Waals surface area contributed by atoms with Crippen molar-refractivity contribution in [2.75, 3.05) is 12.3 Å². The van der Waals surface area contributed by atoms with Crippen molar-refractivity contribution in [3.05, 3.63) is 0 Å². The van der Waals surface area contributed by atoms with E-state index in [-0.39, 0.29) is 5.75 Å². The Kier molecular flexibility index (Phi) is 5.27. The molecule has 5 heteroatoms. The van der Waals surface area contributed by atoms with Gasteiger partial charge in [-0.3, -0.25) is 10.6 Å². The van der Waals surface area contributed by atoms with Gasteiger partial charge in [0.05, 0.1) is 0 Å². The first kappa shape index (κ1) is 10.7. The fraction of sp³-hybridized carbons (Fsp3) is 0.833. The monoisotopic (exact) mass is 178 g/mol. The summed E-state index contributed by atoms with van der Waals surface area (Å²) < 4.78 is 0. The number of carboxylic acid groups (broad SMARTS) is 1. The first-order valence-electron chi connectivity index (χ1n) is 3.48. The van der Waals surface area contributed by atoms with Gasteiger partial charge in [0.1, 0.15) is 6.04 Å². The lowest BCUT2D eigenvalue weighted by molar-refractivity contribution is -0.142. The zero-order chi connectivity index (χ0) is 8.85. The van der Waals surface area contributed by atoms with Crippen molar-refractivity contribution < 1.29 is 9.90 Å². The molecule has 0 aromatic carbocycles. The summed E-state index contributed by atoms with van der Waals surface area (Å²) >= 11 is 3.88. The molecule has 0 saturated carbocycles. The molecule has 66 valence electrons. The van der Waals surface area contributed by atoms with Crippen LogP contribution in [0.4, 0.5) is 0 Å². The third kappa shape index (κ3) is 3.60. The van der Waals surface area contributed by atoms with Gasteiger partial charge in [0, 0.05) is 12.3 Å². The van der Waals surface area contributed by atoms with E-state index in [1.807, 2.05) is 6.92 Å². The van der Waals surface area contributed by atoms with Crippen molar-refractivity contribution >= 4 is 18.6 Å². The molecule has 0 aromatic rings. The van der Waals surface area contributed by atoms with Gasteiger partial charge in [-0.15, -0.1) is 0 Å². The Labute approximate surface area is 71.7 Å². The first-order chi connectivity index (χ1) is 5.13. The largest absolute Gasteiger partial charge is 0.480 e. The standard InChI is InChI=1S/C6H14N2O2S/c1-2-3-8(7)5(4-11)6(9)10/h5,11H,2-4,7H2,1H3,(H,9,10). The number of nitrogens with zero attached hydrogens (tertiary/aromatic N) is 1. The van der Waals surface area contributed by atoms with Gasteiger partial charge in [-0.05, 0) is 6.42 Å². The van der Waals surface area contributed by atoms with Crippen molar-refractivity contribution in [3.8, 4) is 0 Å². The van der Waals surface area contributed by atoms with E-state index in [4.69, 9.17) is 10.9 Å². The Hall–Kier alpha value is -0.260. The molecule has 0 aliphatic carbocycles. The Bertz CT molecular complexity index is 132. The van der Waals surface area contributed by atoms with E-state index < -0.39 is 12.0 Å². The maximum Gasteiger partial charge on any atom is 0.323 e. The highest BCUT2D eigenvalue weighted by atomic mass is 32.1. The molecule has 0 rings (SSSR count). The van der Waals surface area contributed by atoms with Crippen LogP contribution in [-0.2, 0) is 4.79 Å². The van der Waals surface area contributed by atoms with Gasteiger partial charge in [-0.2, -0.15) is 12.6 Å². The minimum absolute atomic E-state index is 0.242. The van der Waals surface area contributed by atoms with Crippen molar-refractivity contribution in [2.24, 2.45) is 5.84 Å². The van der Waals surface area contributed by atoms with Crippen LogP contribution >= 0.6 is 12.6 Å². The van der Waals surface area contributed by atoms with Crippen molar-refractivity contribution in [2.45, 2.75) is 19.4 Å². The number of rotatable bonds is 5. The lowest BCUT2D eigenvalue weighted by atomic mass is 10.3. The van der Waals surface area contributed by atoms with E-state index in [0.29, 0.717) is 6.54 Å². The predicted molar refractivity (Wildman–Crippen MR) is 46.5 cm³/mol. The second-order valence-corrected chi connectivity index (χ2v) is 2.64. The van der Waals surface area contributed by atoms with Gasteiger partial charge in [-0.25, -0.2) is 5.01 Å². The van der Waals surface area contributed by atoms with Crippen LogP contribution < -0.4 is 5.84 Å². The second-order valence-electron chi connectivity index (χ2n) is 2.27. The van der Waals surface area contributed by atoms with Crippen LogP contribution in [0.5, 0.6) is 0 Å². The van der Waals surface area contributed by atoms with Crippen LogP contribution in [0.15, 0.2) is 0 Å². The van der Waals surface area contributed by atoms with Crippen LogP contribution in [0, 0.1) is 0 Å². The number of carboxylic acids is 1. The van der Waals surface area contributed by atoms with Crippen molar-refractivity contribution in [1.29, 1.82) is 0 Å². The number of hydrazine groups is 1. The van der Waals surface area contributed by atoms with Crippen molar-refractivity contribution in [3.63, 3.8) is 0 Å². The van der Waals surface area contributed by atoms with Crippen molar-refractivity contribution in [1.82, 2.24) is 5.01 Å². The molecule has 1 unspecified atom stereocenters. The van der Waals surface area contributed by atoms with E-state index >= 15 is 0 Å². The fourth-order valence-electron chi connectivity index (χ4n) is 0.739. The molecule has 0 saturated heterocycles. The average molecular weight is 178 g/mol. The molecule has 0 bridgehead atoms. The zero-order valence-corrected chi connectivity index (χ0v) is 7.42. The lowest BCUT2D eigenvalue weighted by Crippen LogP contribution is -2.47. The van der Waals surface area contributed by atoms with Gasteiger partial charge >= 0.3 is 5.97 Å². The molecule has 4 nitrogen and oxygen atoms in total. The maximum absolute atomic E-state index is 10.5. The maximum atomic E-state index is 10.5. The molecule has 0 radical (unpaired) electrons. The average Bonchev–Trinajstić information content (AvgIpc) is 1.88. The highest BCUT2D eigenvalue weighted by Gasteiger charge is 2.20. The van der Waals surface area contributed by atoms with Crippen LogP contribution in [-0.4, -0.2) is 34.4 Å². The Morgan fingerprint density at radius 2 is 2.36 bits per heavy atom. The normalized spacial score (nSPS) is 13.5. The summed E-state index contributed by atoms with van der Waals surface area (Å²) in [5.74, 6) is 4.76. The van der Waals surface area contributed by atoms with Gasteiger partial charge < -0.3 is 5.11 Å². The molecule has 1 atom stereocenters. The number of hydrogen-bond acceptors (Lipinski definition) is 4. The minimum atomic E-state index is -0.920. The summed E-state index contributed by atoms with van der Waals surface area (Å²) in [5.41, 5.74) is 0. The lowest BCUT2D eigenvalue weighted by Gasteiger charge is -2.21. The Morgan fingerprint density at radius 3 is 2.64 bits per heavy atom. The number of thiol groups is 1. The van der Waals surface area contributed by atoms with Gasteiger partial charge in [0.25, 0.3) is 0 Å². The van der Waals surface area contributed by atoms with Crippen LogP contribution in [0.1, 0.15) is 13.3 Å². The topological polar surface area (TPSA) is 66.6 Å². The smallest absolute Gasteiger partial charge is 0.323 e. The molecular weight excluding hydrogens is 164 g/mol. The summed E-state index contributed by atoms with van der Waals surface area (Å²) in [7, 11) is 0. The van der Waals surface area contributed by atoms with E-state index in [9.17, 15) is 4.79 Å². The van der Waals surface area contributed by atoms with Gasteiger partial charge in [0.15, 0.2) is 0 Å². The fourth-order valence-corrected chi connectivity index (χ4v) is 1.10. The number of nitrogens with two attached hydrogens (primary N) is 1. The molecule has 0 amide bonds. The van der Waals surface area contributed by atoms with E-state index in [2.05, 4.69) is 12.6 Å². The van der Waals surface area contributed by atoms with E-state index in [1.165, 1.54) is 5.01 Å². The molecule has 0 fully saturated rings. The summed E-state index contributed by atoms with van der Waals surface area (Å²) in [5, 5.41) is 9.90. The third-order valence-electron chi connectivity index (χ3n) is 1.34. The number of aliphatic carboxylic acids is 1. The molecule has 0 aliphatic heterocycles. The summed E-state index contributed by atoms with van der Waals surface area (Å²) in [6.07, 6.45) is 0.841. The highest BCUT2D eigenvalue weighted by molar-refractivity contribution is 7.80. The quantitative estimate of drug-likeness (QED) is 0.314. The van der Waals surface area contributed by atoms with Crippen LogP contribution in [0.2, 0.25) is 0 Å². The van der Waals surface area contributed by atoms with E-state index in [1.54, 1.807) is 0 Å². The summed E-state index contributed by atoms with van der Waals surface area (Å²) in [6.45, 7) is 2.52. The summed E-state index contributed by atoms with van der Waals surface area (Å²) in [4.78, 5) is 10.5. The van der Waals surface area contributed by atoms with E-state index in [0.717, 1.165) is 6.42 Å². The third-order valence-corrected chi connectivity index (χ3v) is 1.69. The second kappa shape index (κ2) is 5.40. The molecule has 0 aliphatic rings. The minimum Gasteiger partial charge on any atom is -0.480 e. The highest BCUT2D eigenvalue weighted by Crippen LogP contribution is 1.97. The Morgan fingerprint density at radius 1 is 1.82 bits per heavy atom. The van der Waals surface area contributed by atoms with Crippen LogP contribution in [0.3, 0.4) is 0 Å². The zero-order valence-electron chi connectivity index (χ0n) is 6.53. The Balaban J connectivity index is 3.91. The molecule has 11 heavy (non-hydrogen) atoms. The SMILES string of the molecule is CCCN(N)C(CS)C(=O)O. The summed E-state index contributed by atoms with van der Waals surface area (Å²) in [6, 6.07) is -0.668. The van der Waals surface area contributed by atoms with Crippen LogP contribution in [0.25, 0.3) is 0 Å². The van der Waals surface area contributed by atoms with Gasteiger partial charge in [0.2, 0.25) is 0 Å². The predicted octanol–water partition coefficient (Wildman–Crippen LogP) is -0.0449. The first-order valence-corrected chi connectivity index (χ1v) is 4.11. The molecule has 0 spiro atoms. The molecular formula is C6H14N2O2S. The number of carbonyl (C=O) groups is 1. The molecule has 0 heterocycles. The molecule has 0 aromatic heterocycles.